The molecule has 1 saturated heterocycles. The SMILES string of the molecule is CCCNC(Cc1cccnc1N)C1CCS(=O)(=O)C1. The zero-order chi connectivity index (χ0) is 14.6. The van der Waals surface area contributed by atoms with Crippen molar-refractivity contribution in [1.29, 1.82) is 0 Å². The Labute approximate surface area is 120 Å². The first-order valence-electron chi connectivity index (χ1n) is 7.15. The van der Waals surface area contributed by atoms with Crippen molar-refractivity contribution in [3.8, 4) is 0 Å². The van der Waals surface area contributed by atoms with E-state index in [0.717, 1.165) is 31.4 Å². The van der Waals surface area contributed by atoms with Gasteiger partial charge in [-0.25, -0.2) is 13.4 Å². The predicted molar refractivity (Wildman–Crippen MR) is 81.2 cm³/mol. The molecule has 2 atom stereocenters. The van der Waals surface area contributed by atoms with Crippen LogP contribution in [0.15, 0.2) is 18.3 Å². The van der Waals surface area contributed by atoms with Gasteiger partial charge in [-0.2, -0.15) is 0 Å². The molecule has 1 fully saturated rings. The van der Waals surface area contributed by atoms with Crippen LogP contribution in [0.3, 0.4) is 0 Å². The van der Waals surface area contributed by atoms with Crippen LogP contribution in [-0.4, -0.2) is 37.5 Å². The minimum absolute atomic E-state index is 0.152. The maximum atomic E-state index is 11.7. The minimum atomic E-state index is -2.85. The van der Waals surface area contributed by atoms with Gasteiger partial charge < -0.3 is 11.1 Å². The number of rotatable bonds is 6. The van der Waals surface area contributed by atoms with Crippen LogP contribution < -0.4 is 11.1 Å². The molecule has 1 aromatic rings. The first-order valence-corrected chi connectivity index (χ1v) is 8.97. The maximum absolute atomic E-state index is 11.7. The molecular weight excluding hydrogens is 274 g/mol. The van der Waals surface area contributed by atoms with Crippen LogP contribution in [0.2, 0.25) is 0 Å². The van der Waals surface area contributed by atoms with Gasteiger partial charge in [0.1, 0.15) is 5.82 Å². The van der Waals surface area contributed by atoms with Gasteiger partial charge in [-0.15, -0.1) is 0 Å². The lowest BCUT2D eigenvalue weighted by molar-refractivity contribution is 0.379. The molecule has 0 aromatic carbocycles. The van der Waals surface area contributed by atoms with Gasteiger partial charge in [0.2, 0.25) is 0 Å². The number of pyridine rings is 1. The van der Waals surface area contributed by atoms with Gasteiger partial charge in [-0.05, 0) is 43.4 Å². The Bertz CT molecular complexity index is 545. The van der Waals surface area contributed by atoms with Crippen molar-refractivity contribution >= 4 is 15.7 Å². The number of nitrogens with one attached hydrogen (secondary N) is 1. The number of nitrogens with two attached hydrogens (primary N) is 1. The maximum Gasteiger partial charge on any atom is 0.150 e. The highest BCUT2D eigenvalue weighted by atomic mass is 32.2. The zero-order valence-corrected chi connectivity index (χ0v) is 12.7. The molecule has 2 unspecified atom stereocenters. The summed E-state index contributed by atoms with van der Waals surface area (Å²) < 4.78 is 23.3. The normalized spacial score (nSPS) is 22.8. The summed E-state index contributed by atoms with van der Waals surface area (Å²) in [4.78, 5) is 4.10. The Morgan fingerprint density at radius 2 is 2.35 bits per heavy atom. The van der Waals surface area contributed by atoms with E-state index in [9.17, 15) is 8.42 Å². The number of hydrogen-bond acceptors (Lipinski definition) is 5. The highest BCUT2D eigenvalue weighted by Crippen LogP contribution is 2.25. The van der Waals surface area contributed by atoms with E-state index < -0.39 is 9.84 Å². The van der Waals surface area contributed by atoms with Crippen molar-refractivity contribution in [2.75, 3.05) is 23.8 Å². The molecule has 6 heteroatoms. The van der Waals surface area contributed by atoms with Crippen LogP contribution >= 0.6 is 0 Å². The molecule has 112 valence electrons. The van der Waals surface area contributed by atoms with Crippen molar-refractivity contribution in [3.63, 3.8) is 0 Å². The summed E-state index contributed by atoms with van der Waals surface area (Å²) in [5.74, 6) is 1.31. The first kappa shape index (κ1) is 15.3. The molecule has 0 spiro atoms. The lowest BCUT2D eigenvalue weighted by atomic mass is 9.93. The molecule has 20 heavy (non-hydrogen) atoms. The van der Waals surface area contributed by atoms with Gasteiger partial charge in [0.15, 0.2) is 9.84 Å². The molecule has 0 saturated carbocycles. The second-order valence-corrected chi connectivity index (χ2v) is 7.70. The Hall–Kier alpha value is -1.14. The van der Waals surface area contributed by atoms with E-state index in [2.05, 4.69) is 17.2 Å². The zero-order valence-electron chi connectivity index (χ0n) is 11.9. The molecular formula is C14H23N3O2S. The third-order valence-corrected chi connectivity index (χ3v) is 5.65. The van der Waals surface area contributed by atoms with Gasteiger partial charge in [0.25, 0.3) is 0 Å². The van der Waals surface area contributed by atoms with E-state index in [1.807, 2.05) is 12.1 Å². The molecule has 1 aliphatic rings. The van der Waals surface area contributed by atoms with Crippen molar-refractivity contribution in [1.82, 2.24) is 10.3 Å². The number of nitrogen functional groups attached to an aromatic ring is 1. The first-order chi connectivity index (χ1) is 9.52. The van der Waals surface area contributed by atoms with E-state index in [-0.39, 0.29) is 17.7 Å². The Morgan fingerprint density at radius 1 is 1.55 bits per heavy atom. The Kier molecular flexibility index (Phi) is 4.99. The van der Waals surface area contributed by atoms with Gasteiger partial charge in [-0.3, -0.25) is 0 Å². The lowest BCUT2D eigenvalue weighted by Gasteiger charge is -2.24. The molecule has 1 aromatic heterocycles. The highest BCUT2D eigenvalue weighted by Gasteiger charge is 2.33. The average Bonchev–Trinajstić information content (AvgIpc) is 2.77. The Morgan fingerprint density at radius 3 is 2.95 bits per heavy atom. The number of anilines is 1. The number of aromatic nitrogens is 1. The van der Waals surface area contributed by atoms with Crippen LogP contribution in [0, 0.1) is 5.92 Å². The molecule has 0 amide bonds. The molecule has 0 radical (unpaired) electrons. The topological polar surface area (TPSA) is 85.1 Å². The smallest absolute Gasteiger partial charge is 0.150 e. The van der Waals surface area contributed by atoms with Gasteiger partial charge in [0, 0.05) is 12.2 Å². The number of nitrogens with zero attached hydrogens (tertiary/aromatic N) is 1. The molecule has 1 aliphatic heterocycles. The fraction of sp³-hybridized carbons (Fsp3) is 0.643. The van der Waals surface area contributed by atoms with Gasteiger partial charge >= 0.3 is 0 Å². The summed E-state index contributed by atoms with van der Waals surface area (Å²) >= 11 is 0. The monoisotopic (exact) mass is 297 g/mol. The number of sulfone groups is 1. The molecule has 0 bridgehead atoms. The largest absolute Gasteiger partial charge is 0.383 e. The van der Waals surface area contributed by atoms with Crippen molar-refractivity contribution in [3.05, 3.63) is 23.9 Å². The second kappa shape index (κ2) is 6.54. The number of hydrogen-bond donors (Lipinski definition) is 2. The standard InChI is InChI=1S/C14H23N3O2S/c1-2-6-16-13(12-5-8-20(18,19)10-12)9-11-4-3-7-17-14(11)15/h3-4,7,12-13,16H,2,5-6,8-10H2,1H3,(H2,15,17). The van der Waals surface area contributed by atoms with E-state index in [4.69, 9.17) is 5.73 Å². The molecule has 2 rings (SSSR count). The third-order valence-electron chi connectivity index (χ3n) is 3.86. The van der Waals surface area contributed by atoms with E-state index in [1.54, 1.807) is 6.20 Å². The molecule has 5 nitrogen and oxygen atoms in total. The van der Waals surface area contributed by atoms with E-state index in [1.165, 1.54) is 0 Å². The van der Waals surface area contributed by atoms with E-state index >= 15 is 0 Å². The minimum Gasteiger partial charge on any atom is -0.383 e. The fourth-order valence-corrected chi connectivity index (χ4v) is 4.62. The second-order valence-electron chi connectivity index (χ2n) is 5.48. The molecule has 2 heterocycles. The summed E-state index contributed by atoms with van der Waals surface area (Å²) in [6.07, 6.45) is 4.18. The summed E-state index contributed by atoms with van der Waals surface area (Å²) in [5, 5.41) is 3.48. The van der Waals surface area contributed by atoms with Crippen LogP contribution in [0.5, 0.6) is 0 Å². The predicted octanol–water partition coefficient (Wildman–Crippen LogP) is 1.01. The van der Waals surface area contributed by atoms with Crippen molar-refractivity contribution < 1.29 is 8.42 Å². The van der Waals surface area contributed by atoms with Crippen LogP contribution in [0.4, 0.5) is 5.82 Å². The van der Waals surface area contributed by atoms with Crippen molar-refractivity contribution in [2.45, 2.75) is 32.2 Å². The summed E-state index contributed by atoms with van der Waals surface area (Å²) in [5.41, 5.74) is 6.88. The van der Waals surface area contributed by atoms with Crippen LogP contribution in [0.25, 0.3) is 0 Å². The summed E-state index contributed by atoms with van der Waals surface area (Å²) in [7, 11) is -2.85. The third kappa shape index (κ3) is 3.93. The molecule has 0 aliphatic carbocycles. The molecule has 3 N–H and O–H groups in total. The van der Waals surface area contributed by atoms with Gasteiger partial charge in [-0.1, -0.05) is 13.0 Å². The van der Waals surface area contributed by atoms with Crippen molar-refractivity contribution in [2.24, 2.45) is 5.92 Å². The summed E-state index contributed by atoms with van der Waals surface area (Å²) in [6.45, 7) is 3.00. The fourth-order valence-electron chi connectivity index (χ4n) is 2.74. The van der Waals surface area contributed by atoms with E-state index in [0.29, 0.717) is 11.6 Å². The highest BCUT2D eigenvalue weighted by molar-refractivity contribution is 7.91. The average molecular weight is 297 g/mol. The quantitative estimate of drug-likeness (QED) is 0.818. The van der Waals surface area contributed by atoms with Crippen LogP contribution in [0.1, 0.15) is 25.3 Å². The lowest BCUT2D eigenvalue weighted by Crippen LogP contribution is -2.39. The van der Waals surface area contributed by atoms with Crippen LogP contribution in [-0.2, 0) is 16.3 Å². The van der Waals surface area contributed by atoms with Gasteiger partial charge in [0.05, 0.1) is 11.5 Å². The Balaban J connectivity index is 2.10. The summed E-state index contributed by atoms with van der Waals surface area (Å²) in [6, 6.07) is 3.99.